The van der Waals surface area contributed by atoms with Crippen LogP contribution in [0.2, 0.25) is 0 Å². The van der Waals surface area contributed by atoms with Crippen molar-refractivity contribution in [3.63, 3.8) is 0 Å². The molecule has 0 bridgehead atoms. The molecule has 3 N–H and O–H groups in total. The first-order valence-corrected chi connectivity index (χ1v) is 10.0. The van der Waals surface area contributed by atoms with Crippen LogP contribution in [0.4, 0.5) is 8.78 Å². The van der Waals surface area contributed by atoms with Gasteiger partial charge in [-0.25, -0.2) is 8.78 Å². The Bertz CT molecular complexity index is 860. The summed E-state index contributed by atoms with van der Waals surface area (Å²) in [7, 11) is 0. The average molecular weight is 405 g/mol. The molecule has 0 aliphatic heterocycles. The minimum Gasteiger partial charge on any atom is -0.401 e. The molecular formula is C22H26F2N2OS. The van der Waals surface area contributed by atoms with E-state index in [-0.39, 0.29) is 10.6 Å². The third-order valence-corrected chi connectivity index (χ3v) is 5.81. The molecule has 0 fully saturated rings. The van der Waals surface area contributed by atoms with Crippen molar-refractivity contribution in [2.75, 3.05) is 0 Å². The number of halogens is 2. The predicted octanol–water partition coefficient (Wildman–Crippen LogP) is 5.78. The lowest BCUT2D eigenvalue weighted by Gasteiger charge is -2.19. The number of rotatable bonds is 7. The summed E-state index contributed by atoms with van der Waals surface area (Å²) in [4.78, 5) is 13.0. The molecule has 0 radical (unpaired) electrons. The summed E-state index contributed by atoms with van der Waals surface area (Å²) >= 11 is 1.11. The van der Waals surface area contributed by atoms with Crippen molar-refractivity contribution in [2.24, 2.45) is 11.7 Å². The predicted molar refractivity (Wildman–Crippen MR) is 112 cm³/mol. The van der Waals surface area contributed by atoms with Gasteiger partial charge in [0.15, 0.2) is 0 Å². The van der Waals surface area contributed by atoms with Crippen molar-refractivity contribution in [1.29, 1.82) is 0 Å². The molecule has 3 nitrogen and oxygen atoms in total. The summed E-state index contributed by atoms with van der Waals surface area (Å²) in [6.07, 6.45) is 7.86. The van der Waals surface area contributed by atoms with Crippen LogP contribution in [0.1, 0.15) is 50.9 Å². The fourth-order valence-electron chi connectivity index (χ4n) is 2.57. The van der Waals surface area contributed by atoms with Gasteiger partial charge < -0.3 is 11.1 Å². The van der Waals surface area contributed by atoms with Crippen molar-refractivity contribution in [3.05, 3.63) is 80.5 Å². The maximum absolute atomic E-state index is 14.1. The number of thioether (sulfide) groups is 1. The molecule has 28 heavy (non-hydrogen) atoms. The smallest absolute Gasteiger partial charge is 0.207 e. The number of carbonyl (C=O) groups excluding carboxylic acids is 1. The molecule has 0 saturated heterocycles. The highest BCUT2D eigenvalue weighted by atomic mass is 32.2. The van der Waals surface area contributed by atoms with Crippen molar-refractivity contribution in [2.45, 2.75) is 40.5 Å². The van der Waals surface area contributed by atoms with E-state index in [1.807, 2.05) is 19.9 Å². The molecular weight excluding hydrogens is 378 g/mol. The van der Waals surface area contributed by atoms with Crippen LogP contribution in [0, 0.1) is 17.6 Å². The second-order valence-corrected chi connectivity index (χ2v) is 7.88. The molecule has 0 amide bonds. The van der Waals surface area contributed by atoms with Gasteiger partial charge in [-0.1, -0.05) is 43.8 Å². The third-order valence-electron chi connectivity index (χ3n) is 4.45. The van der Waals surface area contributed by atoms with Crippen LogP contribution < -0.4 is 11.1 Å². The zero-order valence-corrected chi connectivity index (χ0v) is 17.4. The van der Waals surface area contributed by atoms with Crippen molar-refractivity contribution >= 4 is 17.5 Å². The number of hydrogen-bond acceptors (Lipinski definition) is 4. The Labute approximate surface area is 169 Å². The summed E-state index contributed by atoms with van der Waals surface area (Å²) < 4.78 is 28.2. The maximum Gasteiger partial charge on any atom is 0.207 e. The Balaban J connectivity index is 2.36. The van der Waals surface area contributed by atoms with Crippen LogP contribution in [0.3, 0.4) is 0 Å². The van der Waals surface area contributed by atoms with E-state index in [0.717, 1.165) is 53.0 Å². The standard InChI is InChI=1S/C22H26F2N2OS/c1-5-14(3)22(26-16-11-9-13(2)10-12-16)28-21(15(4)25)20(27)19-17(23)7-6-8-18(19)24/h6-9,11-13,26H,5,10,25H2,1-4H3/b21-15+,22-14+. The van der Waals surface area contributed by atoms with Crippen LogP contribution in [0.5, 0.6) is 0 Å². The third kappa shape index (κ3) is 5.35. The van der Waals surface area contributed by atoms with Gasteiger partial charge in [-0.15, -0.1) is 0 Å². The van der Waals surface area contributed by atoms with Gasteiger partial charge in [0.25, 0.3) is 0 Å². The molecule has 1 unspecified atom stereocenters. The van der Waals surface area contributed by atoms with Gasteiger partial charge in [0.1, 0.15) is 11.6 Å². The monoisotopic (exact) mass is 404 g/mol. The normalized spacial score (nSPS) is 18.2. The van der Waals surface area contributed by atoms with E-state index in [9.17, 15) is 13.6 Å². The molecule has 1 aromatic rings. The second-order valence-electron chi connectivity index (χ2n) is 6.86. The van der Waals surface area contributed by atoms with Gasteiger partial charge in [0.05, 0.1) is 15.5 Å². The molecule has 1 aliphatic rings. The lowest BCUT2D eigenvalue weighted by molar-refractivity contribution is 0.103. The fraction of sp³-hybridized carbons (Fsp3) is 0.318. The Morgan fingerprint density at radius 3 is 2.43 bits per heavy atom. The minimum atomic E-state index is -0.901. The SMILES string of the molecule is CC/C(C)=C(\NC1=CCC(C)C=C1)S/C(C(=O)c1c(F)cccc1F)=C(\C)N. The summed E-state index contributed by atoms with van der Waals surface area (Å²) in [6.45, 7) is 7.64. The highest BCUT2D eigenvalue weighted by Gasteiger charge is 2.24. The van der Waals surface area contributed by atoms with E-state index < -0.39 is 23.0 Å². The number of hydrogen-bond donors (Lipinski definition) is 2. The number of carbonyl (C=O) groups is 1. The topological polar surface area (TPSA) is 55.1 Å². The minimum absolute atomic E-state index is 0.105. The number of nitrogens with one attached hydrogen (secondary N) is 1. The Morgan fingerprint density at radius 1 is 1.29 bits per heavy atom. The second kappa shape index (κ2) is 9.73. The molecule has 0 aromatic heterocycles. The molecule has 1 aliphatic carbocycles. The zero-order chi connectivity index (χ0) is 20.8. The van der Waals surface area contributed by atoms with Gasteiger partial charge in [-0.3, -0.25) is 4.79 Å². The zero-order valence-electron chi connectivity index (χ0n) is 16.6. The van der Waals surface area contributed by atoms with E-state index in [1.54, 1.807) is 6.92 Å². The summed E-state index contributed by atoms with van der Waals surface area (Å²) in [5, 5.41) is 4.07. The molecule has 150 valence electrons. The van der Waals surface area contributed by atoms with Crippen molar-refractivity contribution in [3.8, 4) is 0 Å². The highest BCUT2D eigenvalue weighted by molar-refractivity contribution is 8.07. The molecule has 0 saturated carbocycles. The van der Waals surface area contributed by atoms with Gasteiger partial charge in [-0.2, -0.15) is 0 Å². The first-order chi connectivity index (χ1) is 13.2. The summed E-state index contributed by atoms with van der Waals surface area (Å²) in [6, 6.07) is 3.36. The molecule has 0 spiro atoms. The lowest BCUT2D eigenvalue weighted by Crippen LogP contribution is -2.17. The van der Waals surface area contributed by atoms with Gasteiger partial charge in [0.2, 0.25) is 5.78 Å². The summed E-state index contributed by atoms with van der Waals surface area (Å²) in [5.41, 5.74) is 7.49. The number of ketones is 1. The number of Topliss-reactive ketones (excluding diaryl/α,β-unsaturated/α-hetero) is 1. The Hall–Kier alpha value is -2.34. The van der Waals surface area contributed by atoms with Crippen molar-refractivity contribution < 1.29 is 13.6 Å². The van der Waals surface area contributed by atoms with E-state index >= 15 is 0 Å². The van der Waals surface area contributed by atoms with Gasteiger partial charge in [0, 0.05) is 11.4 Å². The number of benzene rings is 1. The molecule has 2 rings (SSSR count). The van der Waals surface area contributed by atoms with Crippen molar-refractivity contribution in [1.82, 2.24) is 5.32 Å². The number of allylic oxidation sites excluding steroid dienone is 6. The first-order valence-electron chi connectivity index (χ1n) is 9.22. The van der Waals surface area contributed by atoms with E-state index in [2.05, 4.69) is 24.4 Å². The van der Waals surface area contributed by atoms with Crippen LogP contribution in [-0.2, 0) is 0 Å². The quantitative estimate of drug-likeness (QED) is 0.447. The average Bonchev–Trinajstić information content (AvgIpc) is 2.65. The largest absolute Gasteiger partial charge is 0.401 e. The Morgan fingerprint density at radius 2 is 1.93 bits per heavy atom. The first kappa shape index (κ1) is 22.0. The highest BCUT2D eigenvalue weighted by Crippen LogP contribution is 2.33. The van der Waals surface area contributed by atoms with Crippen LogP contribution >= 0.6 is 11.8 Å². The molecule has 0 heterocycles. The van der Waals surface area contributed by atoms with E-state index in [1.165, 1.54) is 6.07 Å². The molecule has 1 atom stereocenters. The van der Waals surface area contributed by atoms with Gasteiger partial charge >= 0.3 is 0 Å². The summed E-state index contributed by atoms with van der Waals surface area (Å²) in [5.74, 6) is -2.08. The van der Waals surface area contributed by atoms with Crippen LogP contribution in [0.15, 0.2) is 63.3 Å². The van der Waals surface area contributed by atoms with Crippen LogP contribution in [0.25, 0.3) is 0 Å². The fourth-order valence-corrected chi connectivity index (χ4v) is 3.61. The lowest BCUT2D eigenvalue weighted by atomic mass is 10.0. The van der Waals surface area contributed by atoms with E-state index in [4.69, 9.17) is 5.73 Å². The number of nitrogens with two attached hydrogens (primary N) is 1. The van der Waals surface area contributed by atoms with E-state index in [0.29, 0.717) is 5.92 Å². The van der Waals surface area contributed by atoms with Crippen LogP contribution in [-0.4, -0.2) is 5.78 Å². The molecule has 6 heteroatoms. The molecule has 1 aromatic carbocycles. The maximum atomic E-state index is 14.1. The Kier molecular flexibility index (Phi) is 7.63. The van der Waals surface area contributed by atoms with Gasteiger partial charge in [-0.05, 0) is 56.4 Å².